The number of rotatable bonds is 12. The molecule has 0 bridgehead atoms. The van der Waals surface area contributed by atoms with Crippen LogP contribution in [0.4, 0.5) is 34.1 Å². The predicted octanol–water partition coefficient (Wildman–Crippen LogP) is 16.9. The molecule has 0 spiro atoms. The number of hydrogen-bond acceptors (Lipinski definition) is 2. The van der Waals surface area contributed by atoms with Crippen molar-refractivity contribution in [1.29, 1.82) is 0 Å². The average Bonchev–Trinajstić information content (AvgIpc) is 3.92. The molecule has 2 aliphatic carbocycles. The molecule has 0 heterocycles. The molecular weight excluding hydrogens is 749 g/mol. The largest absolute Gasteiger partial charge is 0.310 e. The van der Waals surface area contributed by atoms with Gasteiger partial charge in [-0.05, 0) is 205 Å². The van der Waals surface area contributed by atoms with Crippen molar-refractivity contribution in [3.8, 4) is 0 Å². The third-order valence-electron chi connectivity index (χ3n) is 13.6. The zero-order valence-corrected chi connectivity index (χ0v) is 37.4. The predicted molar refractivity (Wildman–Crippen MR) is 268 cm³/mol. The van der Waals surface area contributed by atoms with E-state index in [4.69, 9.17) is 0 Å². The highest BCUT2D eigenvalue weighted by Crippen LogP contribution is 2.47. The molecule has 0 radical (unpaired) electrons. The summed E-state index contributed by atoms with van der Waals surface area (Å²) in [5, 5.41) is 5.66. The highest BCUT2D eigenvalue weighted by atomic mass is 15.1. The summed E-state index contributed by atoms with van der Waals surface area (Å²) in [5.74, 6) is 0. The van der Waals surface area contributed by atoms with Crippen molar-refractivity contribution in [1.82, 2.24) is 0 Å². The van der Waals surface area contributed by atoms with Crippen LogP contribution in [0.25, 0.3) is 32.7 Å². The van der Waals surface area contributed by atoms with E-state index in [1.165, 1.54) is 100 Å². The summed E-state index contributed by atoms with van der Waals surface area (Å²) in [6, 6.07) is 55.6. The lowest BCUT2D eigenvalue weighted by molar-refractivity contribution is 0.936. The first-order chi connectivity index (χ1) is 30.3. The van der Waals surface area contributed by atoms with Crippen LogP contribution in [0.5, 0.6) is 0 Å². The number of aryl methyl sites for hydroxylation is 8. The van der Waals surface area contributed by atoms with E-state index in [9.17, 15) is 0 Å². The quantitative estimate of drug-likeness (QED) is 0.113. The molecule has 0 atom stereocenters. The van der Waals surface area contributed by atoms with Crippen molar-refractivity contribution < 1.29 is 0 Å². The standard InChI is InChI=1S/C60H58N2/c1-7-9-53(55-31-19-43-35-51(37-45-21-33-57(55)59(43)45)61(47-23-11-39(3)12-24-47)48-25-13-40(4)14-26-48)54(10-8-2)56-32-20-44-36-52(38-46-22-34-58(56)60(44)46)62(49-27-15-41(5)16-28-49)50-29-17-42(6)18-30-50/h11-20,23-32,35-38H,7-10,21-22,33-34H2,1-6H3/b54-53+. The molecule has 62 heavy (non-hydrogen) atoms. The maximum Gasteiger partial charge on any atom is 0.0470 e. The monoisotopic (exact) mass is 806 g/mol. The van der Waals surface area contributed by atoms with E-state index in [1.54, 1.807) is 22.3 Å². The normalized spacial score (nSPS) is 13.3. The highest BCUT2D eigenvalue weighted by Gasteiger charge is 2.27. The molecule has 308 valence electrons. The number of allylic oxidation sites excluding steroid dienone is 2. The van der Waals surface area contributed by atoms with Crippen molar-refractivity contribution in [2.45, 2.75) is 92.9 Å². The number of nitrogens with zero attached hydrogens (tertiary/aromatic N) is 2. The SMILES string of the molecule is CCC/C(=C(/CCC)c1ccc2cc(N(c3ccc(C)cc3)c3ccc(C)cc3)cc3c2c1CC3)c1ccc2cc(N(c3ccc(C)cc3)c3ccc(C)cc3)cc3c2c1CC3. The Morgan fingerprint density at radius 1 is 0.371 bits per heavy atom. The maximum atomic E-state index is 2.49. The van der Waals surface area contributed by atoms with Gasteiger partial charge >= 0.3 is 0 Å². The zero-order chi connectivity index (χ0) is 42.5. The molecule has 10 rings (SSSR count). The summed E-state index contributed by atoms with van der Waals surface area (Å²) in [7, 11) is 0. The molecule has 0 fully saturated rings. The first-order valence-corrected chi connectivity index (χ1v) is 23.0. The van der Waals surface area contributed by atoms with Gasteiger partial charge in [0, 0.05) is 34.1 Å². The molecule has 0 unspecified atom stereocenters. The molecule has 0 N–H and O–H groups in total. The Bertz CT molecular complexity index is 2690. The van der Waals surface area contributed by atoms with E-state index in [2.05, 4.69) is 197 Å². The fourth-order valence-electron chi connectivity index (χ4n) is 10.6. The molecule has 0 aliphatic heterocycles. The third kappa shape index (κ3) is 7.20. The second kappa shape index (κ2) is 16.5. The van der Waals surface area contributed by atoms with Crippen molar-refractivity contribution in [3.63, 3.8) is 0 Å². The molecular formula is C60H58N2. The van der Waals surface area contributed by atoms with E-state index in [-0.39, 0.29) is 0 Å². The molecule has 2 heteroatoms. The maximum absolute atomic E-state index is 2.49. The smallest absolute Gasteiger partial charge is 0.0470 e. The highest BCUT2D eigenvalue weighted by molar-refractivity contribution is 6.04. The first-order valence-electron chi connectivity index (χ1n) is 23.0. The molecule has 2 nitrogen and oxygen atoms in total. The Labute approximate surface area is 369 Å². The van der Waals surface area contributed by atoms with Crippen LogP contribution in [0.15, 0.2) is 146 Å². The van der Waals surface area contributed by atoms with Crippen molar-refractivity contribution in [2.24, 2.45) is 0 Å². The van der Waals surface area contributed by atoms with Gasteiger partial charge in [-0.15, -0.1) is 0 Å². The zero-order valence-electron chi connectivity index (χ0n) is 37.4. The van der Waals surface area contributed by atoms with Crippen LogP contribution < -0.4 is 9.80 Å². The lowest BCUT2D eigenvalue weighted by Crippen LogP contribution is -2.10. The van der Waals surface area contributed by atoms with Crippen LogP contribution in [0.1, 0.15) is 95.2 Å². The second-order valence-corrected chi connectivity index (χ2v) is 18.1. The third-order valence-corrected chi connectivity index (χ3v) is 13.6. The Balaban J connectivity index is 1.09. The van der Waals surface area contributed by atoms with Crippen LogP contribution in [0.2, 0.25) is 0 Å². The fraction of sp³-hybridized carbons (Fsp3) is 0.233. The fourth-order valence-corrected chi connectivity index (χ4v) is 10.6. The van der Waals surface area contributed by atoms with Gasteiger partial charge in [0.15, 0.2) is 0 Å². The van der Waals surface area contributed by atoms with Crippen LogP contribution in [-0.2, 0) is 25.7 Å². The summed E-state index contributed by atoms with van der Waals surface area (Å²) < 4.78 is 0. The van der Waals surface area contributed by atoms with E-state index in [1.807, 2.05) is 0 Å². The van der Waals surface area contributed by atoms with Gasteiger partial charge in [0.1, 0.15) is 0 Å². The average molecular weight is 807 g/mol. The van der Waals surface area contributed by atoms with Crippen LogP contribution in [-0.4, -0.2) is 0 Å². The Hall–Kier alpha value is -6.38. The Morgan fingerprint density at radius 3 is 1.00 bits per heavy atom. The van der Waals surface area contributed by atoms with Gasteiger partial charge in [-0.1, -0.05) is 122 Å². The van der Waals surface area contributed by atoms with E-state index >= 15 is 0 Å². The minimum atomic E-state index is 1.07. The Morgan fingerprint density at radius 2 is 0.694 bits per heavy atom. The molecule has 0 saturated heterocycles. The van der Waals surface area contributed by atoms with Crippen LogP contribution in [0.3, 0.4) is 0 Å². The van der Waals surface area contributed by atoms with E-state index in [0.29, 0.717) is 0 Å². The van der Waals surface area contributed by atoms with Gasteiger partial charge in [-0.3, -0.25) is 0 Å². The lowest BCUT2D eigenvalue weighted by Gasteiger charge is -2.27. The van der Waals surface area contributed by atoms with Gasteiger partial charge in [-0.2, -0.15) is 0 Å². The van der Waals surface area contributed by atoms with Gasteiger partial charge < -0.3 is 9.80 Å². The summed E-state index contributed by atoms with van der Waals surface area (Å²) in [4.78, 5) is 4.87. The summed E-state index contributed by atoms with van der Waals surface area (Å²) in [6.45, 7) is 13.4. The number of anilines is 6. The topological polar surface area (TPSA) is 6.48 Å². The molecule has 2 aliphatic rings. The van der Waals surface area contributed by atoms with Gasteiger partial charge in [0.25, 0.3) is 0 Å². The lowest BCUT2D eigenvalue weighted by atomic mass is 9.83. The molecule has 0 aromatic heterocycles. The summed E-state index contributed by atoms with van der Waals surface area (Å²) in [5.41, 5.74) is 24.5. The molecule has 8 aromatic carbocycles. The minimum absolute atomic E-state index is 1.07. The van der Waals surface area contributed by atoms with Crippen molar-refractivity contribution in [2.75, 3.05) is 9.80 Å². The molecule has 8 aromatic rings. The number of benzene rings is 8. The van der Waals surface area contributed by atoms with Crippen molar-refractivity contribution in [3.05, 3.63) is 201 Å². The molecule has 0 saturated carbocycles. The summed E-state index contributed by atoms with van der Waals surface area (Å²) >= 11 is 0. The first kappa shape index (κ1) is 39.7. The second-order valence-electron chi connectivity index (χ2n) is 18.1. The minimum Gasteiger partial charge on any atom is -0.310 e. The van der Waals surface area contributed by atoms with Crippen LogP contribution >= 0.6 is 0 Å². The van der Waals surface area contributed by atoms with Crippen LogP contribution in [0, 0.1) is 27.7 Å². The van der Waals surface area contributed by atoms with Crippen molar-refractivity contribution >= 4 is 66.8 Å². The van der Waals surface area contributed by atoms with Gasteiger partial charge in [-0.25, -0.2) is 0 Å². The molecule has 0 amide bonds. The summed E-state index contributed by atoms with van der Waals surface area (Å²) in [6.07, 6.45) is 8.74. The Kier molecular flexibility index (Phi) is 10.6. The van der Waals surface area contributed by atoms with E-state index in [0.717, 1.165) is 51.4 Å². The van der Waals surface area contributed by atoms with Gasteiger partial charge in [0.2, 0.25) is 0 Å². The van der Waals surface area contributed by atoms with Gasteiger partial charge in [0.05, 0.1) is 0 Å². The number of hydrogen-bond donors (Lipinski definition) is 0. The van der Waals surface area contributed by atoms with E-state index < -0.39 is 0 Å².